The molecule has 2 unspecified atom stereocenters. The molecule has 0 spiro atoms. The van der Waals surface area contributed by atoms with Gasteiger partial charge in [0.15, 0.2) is 0 Å². The van der Waals surface area contributed by atoms with E-state index in [2.05, 4.69) is 55.6 Å². The van der Waals surface area contributed by atoms with E-state index in [4.69, 9.17) is 13.8 Å². The third-order valence-corrected chi connectivity index (χ3v) is 7.32. The fraction of sp³-hybridized carbons (Fsp3) is 0.750. The Bertz CT molecular complexity index is 799. The Labute approximate surface area is 254 Å². The third kappa shape index (κ3) is 29.7. The van der Waals surface area contributed by atoms with Crippen molar-refractivity contribution in [1.29, 1.82) is 0 Å². The number of phosphoric acid groups is 1. The molecule has 0 saturated carbocycles. The number of carbonyl (C=O) groups is 2. The molecule has 42 heavy (non-hydrogen) atoms. The van der Waals surface area contributed by atoms with Crippen molar-refractivity contribution in [1.82, 2.24) is 5.32 Å². The van der Waals surface area contributed by atoms with Crippen LogP contribution in [0.25, 0.3) is 0 Å². The summed E-state index contributed by atoms with van der Waals surface area (Å²) in [4.78, 5) is 33.4. The Hall–Kier alpha value is -1.77. The fourth-order valence-corrected chi connectivity index (χ4v) is 4.68. The molecular formula is C32H58NO8P. The molecule has 0 heterocycles. The van der Waals surface area contributed by atoms with Crippen molar-refractivity contribution in [2.24, 2.45) is 0 Å². The lowest BCUT2D eigenvalue weighted by Gasteiger charge is -2.15. The lowest BCUT2D eigenvalue weighted by molar-refractivity contribution is -0.147. The van der Waals surface area contributed by atoms with Gasteiger partial charge in [-0.1, -0.05) is 102 Å². The molecule has 0 aromatic carbocycles. The van der Waals surface area contributed by atoms with Crippen LogP contribution in [-0.4, -0.2) is 54.3 Å². The topological polar surface area (TPSA) is 131 Å². The first-order valence-corrected chi connectivity index (χ1v) is 17.5. The second-order valence-corrected chi connectivity index (χ2v) is 11.9. The van der Waals surface area contributed by atoms with Gasteiger partial charge in [-0.3, -0.25) is 18.6 Å². The zero-order valence-corrected chi connectivity index (χ0v) is 27.1. The zero-order chi connectivity index (χ0) is 31.2. The molecule has 0 aliphatic carbocycles. The highest BCUT2D eigenvalue weighted by Crippen LogP contribution is 2.42. The molecular weight excluding hydrogens is 557 g/mol. The van der Waals surface area contributed by atoms with Crippen LogP contribution in [0.1, 0.15) is 123 Å². The minimum Gasteiger partial charge on any atom is -0.463 e. The van der Waals surface area contributed by atoms with Gasteiger partial charge < -0.3 is 20.1 Å². The minimum absolute atomic E-state index is 0.0717. The summed E-state index contributed by atoms with van der Waals surface area (Å²) in [6, 6.07) is 0. The molecule has 2 atom stereocenters. The second kappa shape index (κ2) is 29.3. The van der Waals surface area contributed by atoms with Crippen LogP contribution in [0.3, 0.4) is 0 Å². The highest BCUT2D eigenvalue weighted by Gasteiger charge is 2.23. The van der Waals surface area contributed by atoms with Gasteiger partial charge in [0.1, 0.15) is 12.7 Å². The summed E-state index contributed by atoms with van der Waals surface area (Å²) < 4.78 is 26.5. The summed E-state index contributed by atoms with van der Waals surface area (Å²) in [7, 11) is -4.40. The number of aliphatic hydroxyl groups is 1. The summed E-state index contributed by atoms with van der Waals surface area (Å²) in [5, 5.41) is 12.5. The molecule has 0 saturated heterocycles. The summed E-state index contributed by atoms with van der Waals surface area (Å²) in [5.74, 6) is -0.548. The van der Waals surface area contributed by atoms with E-state index in [9.17, 15) is 24.2 Å². The number of esters is 1. The summed E-state index contributed by atoms with van der Waals surface area (Å²) in [6.07, 6.45) is 28.2. The van der Waals surface area contributed by atoms with Crippen LogP contribution < -0.4 is 5.32 Å². The van der Waals surface area contributed by atoms with Gasteiger partial charge in [0.05, 0.1) is 13.2 Å². The van der Waals surface area contributed by atoms with E-state index < -0.39 is 26.5 Å². The van der Waals surface area contributed by atoms with Crippen LogP contribution in [0.5, 0.6) is 0 Å². The van der Waals surface area contributed by atoms with Gasteiger partial charge in [-0.05, 0) is 44.9 Å². The normalized spacial score (nSPS) is 14.1. The van der Waals surface area contributed by atoms with Gasteiger partial charge in [-0.15, -0.1) is 0 Å². The molecule has 0 aliphatic heterocycles. The van der Waals surface area contributed by atoms with E-state index >= 15 is 0 Å². The Balaban J connectivity index is 3.68. The van der Waals surface area contributed by atoms with Crippen molar-refractivity contribution < 1.29 is 37.9 Å². The van der Waals surface area contributed by atoms with Crippen molar-refractivity contribution >= 4 is 19.7 Å². The van der Waals surface area contributed by atoms with Gasteiger partial charge in [0.2, 0.25) is 5.91 Å². The number of nitrogens with one attached hydrogen (secondary N) is 1. The van der Waals surface area contributed by atoms with E-state index in [1.165, 1.54) is 12.8 Å². The average molecular weight is 616 g/mol. The highest BCUT2D eigenvalue weighted by atomic mass is 31.2. The largest absolute Gasteiger partial charge is 0.472 e. The van der Waals surface area contributed by atoms with Crippen LogP contribution in [0.15, 0.2) is 36.5 Å². The number of hydrogen-bond donors (Lipinski definition) is 3. The maximum atomic E-state index is 11.9. The molecule has 0 rings (SSSR count). The van der Waals surface area contributed by atoms with Crippen molar-refractivity contribution in [2.45, 2.75) is 129 Å². The van der Waals surface area contributed by atoms with Crippen LogP contribution in [0.2, 0.25) is 0 Å². The summed E-state index contributed by atoms with van der Waals surface area (Å²) >= 11 is 0. The average Bonchev–Trinajstić information content (AvgIpc) is 2.97. The highest BCUT2D eigenvalue weighted by molar-refractivity contribution is 7.47. The fourth-order valence-electron chi connectivity index (χ4n) is 3.92. The first kappa shape index (κ1) is 40.2. The van der Waals surface area contributed by atoms with E-state index in [-0.39, 0.29) is 32.1 Å². The monoisotopic (exact) mass is 615 g/mol. The number of carbonyl (C=O) groups excluding carboxylic acids is 2. The minimum atomic E-state index is -4.40. The van der Waals surface area contributed by atoms with Crippen molar-refractivity contribution in [2.75, 3.05) is 26.4 Å². The molecule has 0 radical (unpaired) electrons. The van der Waals surface area contributed by atoms with Gasteiger partial charge in [0, 0.05) is 19.4 Å². The predicted molar refractivity (Wildman–Crippen MR) is 169 cm³/mol. The van der Waals surface area contributed by atoms with Gasteiger partial charge >= 0.3 is 13.8 Å². The maximum absolute atomic E-state index is 11.9. The number of aliphatic hydroxyl groups excluding tert-OH is 1. The number of rotatable bonds is 29. The zero-order valence-electron chi connectivity index (χ0n) is 26.2. The number of unbranched alkanes of at least 4 members (excludes halogenated alkanes) is 10. The van der Waals surface area contributed by atoms with E-state index in [1.807, 2.05) is 0 Å². The first-order valence-electron chi connectivity index (χ1n) is 16.0. The molecule has 0 fully saturated rings. The van der Waals surface area contributed by atoms with Gasteiger partial charge in [0.25, 0.3) is 0 Å². The molecule has 1 amide bonds. The van der Waals surface area contributed by atoms with Gasteiger partial charge in [-0.25, -0.2) is 4.57 Å². The van der Waals surface area contributed by atoms with Crippen molar-refractivity contribution in [3.8, 4) is 0 Å². The molecule has 0 bridgehead atoms. The van der Waals surface area contributed by atoms with Crippen LogP contribution in [0.4, 0.5) is 0 Å². The molecule has 10 heteroatoms. The SMILES string of the molecule is CC/C=C\C/C=C\C/C=C\CCCCCCCC(=O)NCCOP(=O)(O)OCC(O)COC(=O)CCCCCCCC. The number of ether oxygens (including phenoxy) is 1. The summed E-state index contributed by atoms with van der Waals surface area (Å²) in [6.45, 7) is 3.31. The Morgan fingerprint density at radius 2 is 1.36 bits per heavy atom. The maximum Gasteiger partial charge on any atom is 0.472 e. The van der Waals surface area contributed by atoms with Crippen molar-refractivity contribution in [3.63, 3.8) is 0 Å². The van der Waals surface area contributed by atoms with E-state index in [1.54, 1.807) is 0 Å². The van der Waals surface area contributed by atoms with Gasteiger partial charge in [-0.2, -0.15) is 0 Å². The second-order valence-electron chi connectivity index (χ2n) is 10.4. The Morgan fingerprint density at radius 3 is 2.05 bits per heavy atom. The number of amides is 1. The quantitative estimate of drug-likeness (QED) is 0.0342. The molecule has 0 aromatic heterocycles. The van der Waals surface area contributed by atoms with Crippen LogP contribution in [0, 0.1) is 0 Å². The summed E-state index contributed by atoms with van der Waals surface area (Å²) in [5.41, 5.74) is 0. The van der Waals surface area contributed by atoms with E-state index in [0.29, 0.717) is 6.42 Å². The number of hydrogen-bond acceptors (Lipinski definition) is 7. The molecule has 0 aliphatic rings. The predicted octanol–water partition coefficient (Wildman–Crippen LogP) is 7.48. The Kier molecular flexibility index (Phi) is 28.1. The van der Waals surface area contributed by atoms with Crippen LogP contribution >= 0.6 is 7.82 Å². The smallest absolute Gasteiger partial charge is 0.463 e. The van der Waals surface area contributed by atoms with Crippen molar-refractivity contribution in [3.05, 3.63) is 36.5 Å². The standard InChI is InChI=1S/C32H58NO8P/c1-3-5-7-9-11-12-13-14-15-16-17-18-19-20-22-24-31(35)33-26-27-40-42(37,38)41-29-30(34)28-39-32(36)25-23-21-10-8-6-4-2/h5,7,11-12,14-15,30,34H,3-4,6,8-10,13,16-29H2,1-2H3,(H,33,35)(H,37,38)/b7-5-,12-11-,15-14-. The van der Waals surface area contributed by atoms with E-state index in [0.717, 1.165) is 83.5 Å². The number of allylic oxidation sites excluding steroid dienone is 6. The molecule has 3 N–H and O–H groups in total. The number of phosphoric ester groups is 1. The lowest BCUT2D eigenvalue weighted by Crippen LogP contribution is -2.27. The Morgan fingerprint density at radius 1 is 0.762 bits per heavy atom. The molecule has 244 valence electrons. The first-order chi connectivity index (χ1) is 20.3. The molecule has 9 nitrogen and oxygen atoms in total. The lowest BCUT2D eigenvalue weighted by atomic mass is 10.1. The molecule has 0 aromatic rings. The third-order valence-electron chi connectivity index (χ3n) is 6.33. The van der Waals surface area contributed by atoms with Crippen LogP contribution in [-0.2, 0) is 27.9 Å².